The molecule has 1 heterocycles. The summed E-state index contributed by atoms with van der Waals surface area (Å²) >= 11 is 0. The number of ether oxygens (including phenoxy) is 1. The van der Waals surface area contributed by atoms with Gasteiger partial charge in [0.05, 0.1) is 12.6 Å². The van der Waals surface area contributed by atoms with Crippen LogP contribution in [0.25, 0.3) is 22.0 Å². The van der Waals surface area contributed by atoms with Gasteiger partial charge in [0.1, 0.15) is 4.90 Å². The highest BCUT2D eigenvalue weighted by Gasteiger charge is 2.30. The molecule has 0 saturated heterocycles. The van der Waals surface area contributed by atoms with Crippen molar-refractivity contribution in [1.29, 1.82) is 0 Å². The number of fused-ring (bicyclic) bond motifs is 1. The number of rotatable bonds is 7. The summed E-state index contributed by atoms with van der Waals surface area (Å²) in [6.07, 6.45) is 1.42. The van der Waals surface area contributed by atoms with Crippen LogP contribution in [0.5, 0.6) is 5.75 Å². The van der Waals surface area contributed by atoms with Crippen LogP contribution in [0.4, 0.5) is 4.39 Å². The Morgan fingerprint density at radius 1 is 1.03 bits per heavy atom. The van der Waals surface area contributed by atoms with E-state index < -0.39 is 21.8 Å². The SMILES string of the molecule is COc1c(F)ccc(-c2ccccc2)c1S(=O)(=O)n1cc(CCC(=O)O)c2ccccc21. The molecule has 32 heavy (non-hydrogen) atoms. The van der Waals surface area contributed by atoms with Crippen molar-refractivity contribution in [2.24, 2.45) is 0 Å². The first-order valence-electron chi connectivity index (χ1n) is 9.83. The predicted octanol–water partition coefficient (Wildman–Crippen LogP) is 4.71. The van der Waals surface area contributed by atoms with Crippen molar-refractivity contribution in [3.63, 3.8) is 0 Å². The summed E-state index contributed by atoms with van der Waals surface area (Å²) in [6, 6.07) is 18.2. The third kappa shape index (κ3) is 3.73. The number of para-hydroxylation sites is 1. The van der Waals surface area contributed by atoms with Gasteiger partial charge in [0, 0.05) is 23.6 Å². The Hall–Kier alpha value is -3.65. The van der Waals surface area contributed by atoms with Gasteiger partial charge in [-0.3, -0.25) is 4.79 Å². The van der Waals surface area contributed by atoms with Gasteiger partial charge in [0.15, 0.2) is 11.6 Å². The van der Waals surface area contributed by atoms with Crippen molar-refractivity contribution in [2.75, 3.05) is 7.11 Å². The van der Waals surface area contributed by atoms with Crippen molar-refractivity contribution in [2.45, 2.75) is 17.7 Å². The monoisotopic (exact) mass is 453 g/mol. The fourth-order valence-electron chi connectivity index (χ4n) is 3.79. The Morgan fingerprint density at radius 3 is 2.41 bits per heavy atom. The van der Waals surface area contributed by atoms with Gasteiger partial charge in [-0.1, -0.05) is 48.5 Å². The topological polar surface area (TPSA) is 85.6 Å². The van der Waals surface area contributed by atoms with Crippen molar-refractivity contribution >= 4 is 26.9 Å². The molecular formula is C24H20FNO5S. The number of hydrogen-bond acceptors (Lipinski definition) is 4. The maximum atomic E-state index is 14.7. The van der Waals surface area contributed by atoms with Crippen LogP contribution in [-0.2, 0) is 21.2 Å². The first-order valence-corrected chi connectivity index (χ1v) is 11.3. The summed E-state index contributed by atoms with van der Waals surface area (Å²) in [5, 5.41) is 9.69. The molecule has 4 aromatic rings. The minimum atomic E-state index is -4.32. The normalized spacial score (nSPS) is 11.6. The second kappa shape index (κ2) is 8.47. The first-order chi connectivity index (χ1) is 15.3. The highest BCUT2D eigenvalue weighted by atomic mass is 32.2. The average molecular weight is 453 g/mol. The van der Waals surface area contributed by atoms with Crippen LogP contribution in [0.3, 0.4) is 0 Å². The Labute approximate surface area is 184 Å². The zero-order valence-electron chi connectivity index (χ0n) is 17.2. The average Bonchev–Trinajstić information content (AvgIpc) is 3.17. The lowest BCUT2D eigenvalue weighted by Crippen LogP contribution is -2.15. The number of aromatic nitrogens is 1. The number of nitrogens with zero attached hydrogens (tertiary/aromatic N) is 1. The highest BCUT2D eigenvalue weighted by molar-refractivity contribution is 7.90. The van der Waals surface area contributed by atoms with Crippen LogP contribution in [0.15, 0.2) is 77.8 Å². The molecular weight excluding hydrogens is 433 g/mol. The van der Waals surface area contributed by atoms with Gasteiger partial charge >= 0.3 is 5.97 Å². The van der Waals surface area contributed by atoms with E-state index in [0.717, 1.165) is 3.97 Å². The number of hydrogen-bond donors (Lipinski definition) is 1. The van der Waals surface area contributed by atoms with Gasteiger partial charge in [0.25, 0.3) is 10.0 Å². The standard InChI is InChI=1S/C24H20FNO5S/c1-31-23-20(25)13-12-19(16-7-3-2-4-8-16)24(23)32(29,30)26-15-17(11-14-22(27)28)18-9-5-6-10-21(18)26/h2-10,12-13,15H,11,14H2,1H3,(H,27,28). The number of carboxylic acids is 1. The van der Waals surface area contributed by atoms with Crippen molar-refractivity contribution in [3.05, 3.63) is 84.3 Å². The summed E-state index contributed by atoms with van der Waals surface area (Å²) in [5.74, 6) is -2.16. The van der Waals surface area contributed by atoms with Crippen LogP contribution in [0, 0.1) is 5.82 Å². The first kappa shape index (κ1) is 21.6. The molecule has 1 N–H and O–H groups in total. The largest absolute Gasteiger partial charge is 0.492 e. The second-order valence-electron chi connectivity index (χ2n) is 7.19. The summed E-state index contributed by atoms with van der Waals surface area (Å²) in [7, 11) is -3.10. The van der Waals surface area contributed by atoms with Crippen LogP contribution in [-0.4, -0.2) is 30.6 Å². The molecule has 3 aromatic carbocycles. The minimum absolute atomic E-state index is 0.146. The third-order valence-electron chi connectivity index (χ3n) is 5.24. The Balaban J connectivity index is 2.00. The van der Waals surface area contributed by atoms with E-state index in [-0.39, 0.29) is 23.5 Å². The summed E-state index contributed by atoms with van der Waals surface area (Å²) in [4.78, 5) is 10.8. The van der Waals surface area contributed by atoms with Crippen LogP contribution < -0.4 is 4.74 Å². The lowest BCUT2D eigenvalue weighted by Gasteiger charge is -2.16. The van der Waals surface area contributed by atoms with E-state index in [2.05, 4.69) is 0 Å². The number of aliphatic carboxylic acids is 1. The van der Waals surface area contributed by atoms with Crippen LogP contribution >= 0.6 is 0 Å². The highest BCUT2D eigenvalue weighted by Crippen LogP contribution is 2.39. The lowest BCUT2D eigenvalue weighted by molar-refractivity contribution is -0.136. The van der Waals surface area contributed by atoms with Gasteiger partial charge < -0.3 is 9.84 Å². The molecule has 8 heteroatoms. The fourth-order valence-corrected chi connectivity index (χ4v) is 5.55. The quantitative estimate of drug-likeness (QED) is 0.438. The number of methoxy groups -OCH3 is 1. The van der Waals surface area contributed by atoms with Gasteiger partial charge in [-0.25, -0.2) is 16.8 Å². The Bertz CT molecular complexity index is 1410. The van der Waals surface area contributed by atoms with E-state index >= 15 is 0 Å². The molecule has 0 atom stereocenters. The molecule has 6 nitrogen and oxygen atoms in total. The Kier molecular flexibility index (Phi) is 5.71. The smallest absolute Gasteiger partial charge is 0.303 e. The van der Waals surface area contributed by atoms with E-state index in [1.807, 2.05) is 0 Å². The summed E-state index contributed by atoms with van der Waals surface area (Å²) < 4.78 is 48.8. The van der Waals surface area contributed by atoms with E-state index in [4.69, 9.17) is 9.84 Å². The number of benzene rings is 3. The zero-order valence-corrected chi connectivity index (χ0v) is 18.0. The molecule has 4 rings (SSSR count). The molecule has 0 unspecified atom stereocenters. The maximum Gasteiger partial charge on any atom is 0.303 e. The van der Waals surface area contributed by atoms with E-state index in [9.17, 15) is 17.6 Å². The lowest BCUT2D eigenvalue weighted by atomic mass is 10.1. The predicted molar refractivity (Wildman–Crippen MR) is 119 cm³/mol. The molecule has 0 aliphatic rings. The van der Waals surface area contributed by atoms with Gasteiger partial charge in [0.2, 0.25) is 0 Å². The molecule has 0 aliphatic carbocycles. The van der Waals surface area contributed by atoms with Crippen LogP contribution in [0.1, 0.15) is 12.0 Å². The molecule has 0 aliphatic heterocycles. The van der Waals surface area contributed by atoms with Gasteiger partial charge in [-0.15, -0.1) is 0 Å². The Morgan fingerprint density at radius 2 is 1.72 bits per heavy atom. The number of halogens is 1. The molecule has 0 bridgehead atoms. The fraction of sp³-hybridized carbons (Fsp3) is 0.125. The molecule has 0 radical (unpaired) electrons. The number of carbonyl (C=O) groups is 1. The number of carboxylic acid groups (broad SMARTS) is 1. The minimum Gasteiger partial charge on any atom is -0.492 e. The number of aryl methyl sites for hydroxylation is 1. The molecule has 0 fully saturated rings. The summed E-state index contributed by atoms with van der Waals surface area (Å²) in [5.41, 5.74) is 1.84. The van der Waals surface area contributed by atoms with Crippen molar-refractivity contribution in [1.82, 2.24) is 3.97 Å². The van der Waals surface area contributed by atoms with Crippen molar-refractivity contribution in [3.8, 4) is 16.9 Å². The molecule has 0 spiro atoms. The second-order valence-corrected chi connectivity index (χ2v) is 8.94. The van der Waals surface area contributed by atoms with Gasteiger partial charge in [-0.05, 0) is 35.7 Å². The maximum absolute atomic E-state index is 14.7. The third-order valence-corrected chi connectivity index (χ3v) is 6.98. The summed E-state index contributed by atoms with van der Waals surface area (Å²) in [6.45, 7) is 0. The van der Waals surface area contributed by atoms with Gasteiger partial charge in [-0.2, -0.15) is 0 Å². The van der Waals surface area contributed by atoms with Crippen LogP contribution in [0.2, 0.25) is 0 Å². The molecule has 1 aromatic heterocycles. The van der Waals surface area contributed by atoms with E-state index in [1.54, 1.807) is 54.6 Å². The van der Waals surface area contributed by atoms with Crippen molar-refractivity contribution < 1.29 is 27.4 Å². The zero-order chi connectivity index (χ0) is 22.9. The molecule has 164 valence electrons. The van der Waals surface area contributed by atoms with E-state index in [1.165, 1.54) is 25.4 Å². The molecule has 0 saturated carbocycles. The molecule has 0 amide bonds. The van der Waals surface area contributed by atoms with E-state index in [0.29, 0.717) is 27.6 Å².